The van der Waals surface area contributed by atoms with Crippen molar-refractivity contribution in [3.63, 3.8) is 0 Å². The Kier molecular flexibility index (Phi) is 5.16. The van der Waals surface area contributed by atoms with Crippen LogP contribution in [0.25, 0.3) is 0 Å². The summed E-state index contributed by atoms with van der Waals surface area (Å²) in [6.07, 6.45) is 2.32. The highest BCUT2D eigenvalue weighted by Gasteiger charge is 2.36. The zero-order valence-corrected chi connectivity index (χ0v) is 15.1. The minimum absolute atomic E-state index is 0.0189. The predicted molar refractivity (Wildman–Crippen MR) is 98.5 cm³/mol. The van der Waals surface area contributed by atoms with Crippen molar-refractivity contribution in [2.75, 3.05) is 5.32 Å². The van der Waals surface area contributed by atoms with E-state index in [0.717, 1.165) is 22.5 Å². The fourth-order valence-electron chi connectivity index (χ4n) is 3.65. The van der Waals surface area contributed by atoms with Gasteiger partial charge in [0, 0.05) is 23.5 Å². The average molecular weight is 340 g/mol. The van der Waals surface area contributed by atoms with Gasteiger partial charge in [0.25, 0.3) is 0 Å². The lowest BCUT2D eigenvalue weighted by Gasteiger charge is -2.33. The largest absolute Gasteiger partial charge is 0.326 e. The van der Waals surface area contributed by atoms with Crippen LogP contribution >= 0.6 is 0 Å². The van der Waals surface area contributed by atoms with Crippen molar-refractivity contribution in [2.24, 2.45) is 5.92 Å². The van der Waals surface area contributed by atoms with E-state index in [0.29, 0.717) is 19.3 Å². The minimum atomic E-state index is -0.843. The Hall–Kier alpha value is -2.23. The van der Waals surface area contributed by atoms with Gasteiger partial charge in [0.1, 0.15) is 6.17 Å². The van der Waals surface area contributed by atoms with Crippen LogP contribution in [0.3, 0.4) is 0 Å². The number of halogens is 1. The summed E-state index contributed by atoms with van der Waals surface area (Å²) >= 11 is 0. The molecule has 4 heteroatoms. The monoisotopic (exact) mass is 340 g/mol. The highest BCUT2D eigenvalue weighted by molar-refractivity contribution is 5.93. The van der Waals surface area contributed by atoms with Crippen LogP contribution in [0.4, 0.5) is 10.1 Å². The van der Waals surface area contributed by atoms with Crippen molar-refractivity contribution in [3.05, 3.63) is 58.9 Å². The van der Waals surface area contributed by atoms with Gasteiger partial charge in [-0.25, -0.2) is 4.39 Å². The van der Waals surface area contributed by atoms with Crippen LogP contribution in [0, 0.1) is 26.7 Å². The molecule has 132 valence electrons. The van der Waals surface area contributed by atoms with Gasteiger partial charge < -0.3 is 5.32 Å². The summed E-state index contributed by atoms with van der Waals surface area (Å²) in [5, 5.41) is 3.03. The van der Waals surface area contributed by atoms with Crippen molar-refractivity contribution >= 4 is 11.6 Å². The first kappa shape index (κ1) is 17.6. The Morgan fingerprint density at radius 2 is 1.92 bits per heavy atom. The number of pyridine rings is 1. The number of benzene rings is 1. The molecule has 1 fully saturated rings. The van der Waals surface area contributed by atoms with Crippen molar-refractivity contribution in [3.8, 4) is 0 Å². The molecule has 1 amide bonds. The number of alkyl halides is 1. The van der Waals surface area contributed by atoms with Gasteiger partial charge in [0.2, 0.25) is 5.91 Å². The fraction of sp³-hybridized carbons (Fsp3) is 0.429. The number of carbonyl (C=O) groups is 1. The number of nitrogens with zero attached hydrogens (tertiary/aromatic N) is 1. The molecule has 3 atom stereocenters. The van der Waals surface area contributed by atoms with Crippen molar-refractivity contribution in [2.45, 2.75) is 52.1 Å². The SMILES string of the molecule is Cc1cc([C@@H]2CC(F)CCC2C(=O)Nc2ccc(C)c(C)c2)ccn1. The van der Waals surface area contributed by atoms with Crippen LogP contribution < -0.4 is 5.32 Å². The molecule has 2 aromatic rings. The zero-order chi connectivity index (χ0) is 18.0. The second-order valence-electron chi connectivity index (χ2n) is 7.14. The Morgan fingerprint density at radius 3 is 2.64 bits per heavy atom. The number of aromatic nitrogens is 1. The second kappa shape index (κ2) is 7.34. The average Bonchev–Trinajstić information content (AvgIpc) is 2.58. The van der Waals surface area contributed by atoms with E-state index in [4.69, 9.17) is 0 Å². The molecule has 1 saturated carbocycles. The lowest BCUT2D eigenvalue weighted by molar-refractivity contribution is -0.121. The summed E-state index contributed by atoms with van der Waals surface area (Å²) in [5.74, 6) is -0.331. The number of rotatable bonds is 3. The third kappa shape index (κ3) is 4.06. The summed E-state index contributed by atoms with van der Waals surface area (Å²) in [6.45, 7) is 6.00. The Balaban J connectivity index is 1.82. The number of nitrogens with one attached hydrogen (secondary N) is 1. The molecule has 1 aliphatic rings. The van der Waals surface area contributed by atoms with Gasteiger partial charge in [-0.05, 0) is 86.9 Å². The molecule has 0 bridgehead atoms. The molecular formula is C21H25FN2O. The van der Waals surface area contributed by atoms with Gasteiger partial charge in [-0.15, -0.1) is 0 Å². The maximum Gasteiger partial charge on any atom is 0.228 e. The minimum Gasteiger partial charge on any atom is -0.326 e. The van der Waals surface area contributed by atoms with Crippen LogP contribution in [0.2, 0.25) is 0 Å². The first-order chi connectivity index (χ1) is 11.9. The summed E-state index contributed by atoms with van der Waals surface area (Å²) in [5.41, 5.74) is 5.05. The van der Waals surface area contributed by atoms with E-state index in [1.807, 2.05) is 51.1 Å². The third-order valence-corrected chi connectivity index (χ3v) is 5.25. The molecule has 3 nitrogen and oxygen atoms in total. The summed E-state index contributed by atoms with van der Waals surface area (Å²) in [7, 11) is 0. The molecule has 3 rings (SSSR count). The van der Waals surface area contributed by atoms with E-state index in [-0.39, 0.29) is 17.7 Å². The molecule has 0 aliphatic heterocycles. The predicted octanol–water partition coefficient (Wildman–Crippen LogP) is 4.87. The highest BCUT2D eigenvalue weighted by Crippen LogP contribution is 2.39. The molecule has 1 N–H and O–H groups in total. The molecule has 0 radical (unpaired) electrons. The van der Waals surface area contributed by atoms with Gasteiger partial charge in [-0.2, -0.15) is 0 Å². The molecule has 1 heterocycles. The van der Waals surface area contributed by atoms with Crippen molar-refractivity contribution in [1.29, 1.82) is 0 Å². The molecule has 2 unspecified atom stereocenters. The van der Waals surface area contributed by atoms with Gasteiger partial charge in [0.15, 0.2) is 0 Å². The van der Waals surface area contributed by atoms with E-state index in [1.54, 1.807) is 6.20 Å². The van der Waals surface area contributed by atoms with Crippen molar-refractivity contribution < 1.29 is 9.18 Å². The number of anilines is 1. The Labute approximate surface area is 148 Å². The quantitative estimate of drug-likeness (QED) is 0.866. The van der Waals surface area contributed by atoms with E-state index in [1.165, 1.54) is 5.56 Å². The number of aryl methyl sites for hydroxylation is 3. The first-order valence-electron chi connectivity index (χ1n) is 8.89. The lowest BCUT2D eigenvalue weighted by atomic mass is 9.74. The third-order valence-electron chi connectivity index (χ3n) is 5.25. The molecule has 25 heavy (non-hydrogen) atoms. The Bertz CT molecular complexity index is 774. The Morgan fingerprint density at radius 1 is 1.12 bits per heavy atom. The van der Waals surface area contributed by atoms with Crippen LogP contribution in [-0.4, -0.2) is 17.1 Å². The zero-order valence-electron chi connectivity index (χ0n) is 15.1. The number of hydrogen-bond acceptors (Lipinski definition) is 2. The van der Waals surface area contributed by atoms with Crippen LogP contribution in [0.5, 0.6) is 0 Å². The van der Waals surface area contributed by atoms with E-state index in [9.17, 15) is 9.18 Å². The molecule has 0 saturated heterocycles. The maximum absolute atomic E-state index is 14.0. The normalized spacial score (nSPS) is 23.3. The van der Waals surface area contributed by atoms with Gasteiger partial charge in [0.05, 0.1) is 0 Å². The maximum atomic E-state index is 14.0. The van der Waals surface area contributed by atoms with Gasteiger partial charge in [-0.1, -0.05) is 6.07 Å². The van der Waals surface area contributed by atoms with Gasteiger partial charge in [-0.3, -0.25) is 9.78 Å². The second-order valence-corrected chi connectivity index (χ2v) is 7.14. The van der Waals surface area contributed by atoms with E-state index < -0.39 is 6.17 Å². The van der Waals surface area contributed by atoms with Crippen LogP contribution in [0.1, 0.15) is 47.6 Å². The topological polar surface area (TPSA) is 42.0 Å². The van der Waals surface area contributed by atoms with Crippen LogP contribution in [0.15, 0.2) is 36.5 Å². The lowest BCUT2D eigenvalue weighted by Crippen LogP contribution is -2.34. The number of amides is 1. The number of carbonyl (C=O) groups excluding carboxylic acids is 1. The standard InChI is InChI=1S/C21H25FN2O/c1-13-4-6-18(10-14(13)2)24-21(25)19-7-5-17(22)12-20(19)16-8-9-23-15(3)11-16/h4,6,8-11,17,19-20H,5,7,12H2,1-3H3,(H,24,25)/t17?,19?,20-/m0/s1. The molecule has 1 aromatic carbocycles. The smallest absolute Gasteiger partial charge is 0.228 e. The molecule has 0 spiro atoms. The fourth-order valence-corrected chi connectivity index (χ4v) is 3.65. The number of hydrogen-bond donors (Lipinski definition) is 1. The van der Waals surface area contributed by atoms with Crippen LogP contribution in [-0.2, 0) is 4.79 Å². The van der Waals surface area contributed by atoms with Crippen molar-refractivity contribution in [1.82, 2.24) is 4.98 Å². The molecule has 1 aliphatic carbocycles. The molecular weight excluding hydrogens is 315 g/mol. The summed E-state index contributed by atoms with van der Waals surface area (Å²) in [6, 6.07) is 9.80. The summed E-state index contributed by atoms with van der Waals surface area (Å²) < 4.78 is 14.0. The van der Waals surface area contributed by atoms with E-state index >= 15 is 0 Å². The first-order valence-corrected chi connectivity index (χ1v) is 8.89. The highest BCUT2D eigenvalue weighted by atomic mass is 19.1. The molecule has 1 aromatic heterocycles. The van der Waals surface area contributed by atoms with Gasteiger partial charge >= 0.3 is 0 Å². The van der Waals surface area contributed by atoms with E-state index in [2.05, 4.69) is 10.3 Å². The summed E-state index contributed by atoms with van der Waals surface area (Å²) in [4.78, 5) is 17.1.